The van der Waals surface area contributed by atoms with Crippen LogP contribution < -0.4 is 20.3 Å². The Labute approximate surface area is 185 Å². The number of methoxy groups -OCH3 is 1. The summed E-state index contributed by atoms with van der Waals surface area (Å²) in [4.78, 5) is 25.1. The summed E-state index contributed by atoms with van der Waals surface area (Å²) >= 11 is 6.39. The molecule has 2 N–H and O–H groups in total. The van der Waals surface area contributed by atoms with Crippen molar-refractivity contribution in [1.82, 2.24) is 20.6 Å². The highest BCUT2D eigenvalue weighted by atomic mass is 35.5. The quantitative estimate of drug-likeness (QED) is 0.544. The SMILES string of the molecule is CCCOc1ccc(C(=O)NNC(=O)c2c(C)nn(-c3ccccc3)c2Cl)cc1OC. The number of nitrogens with zero attached hydrogens (tertiary/aromatic N) is 2. The summed E-state index contributed by atoms with van der Waals surface area (Å²) in [6.07, 6.45) is 0.847. The van der Waals surface area contributed by atoms with E-state index in [2.05, 4.69) is 16.0 Å². The number of hydrogen-bond donors (Lipinski definition) is 2. The summed E-state index contributed by atoms with van der Waals surface area (Å²) in [5.74, 6) is -0.123. The number of carbonyl (C=O) groups is 2. The Morgan fingerprint density at radius 1 is 1.06 bits per heavy atom. The fourth-order valence-corrected chi connectivity index (χ4v) is 3.24. The van der Waals surface area contributed by atoms with Crippen LogP contribution in [0.4, 0.5) is 0 Å². The van der Waals surface area contributed by atoms with E-state index in [1.54, 1.807) is 19.1 Å². The molecule has 0 radical (unpaired) electrons. The Hall–Kier alpha value is -3.52. The molecule has 0 spiro atoms. The first-order valence-corrected chi connectivity index (χ1v) is 10.1. The van der Waals surface area contributed by atoms with Crippen LogP contribution in [0.15, 0.2) is 48.5 Å². The van der Waals surface area contributed by atoms with Crippen molar-refractivity contribution in [2.75, 3.05) is 13.7 Å². The smallest absolute Gasteiger partial charge is 0.274 e. The van der Waals surface area contributed by atoms with Crippen molar-refractivity contribution in [3.05, 3.63) is 70.5 Å². The van der Waals surface area contributed by atoms with Crippen LogP contribution in [0.5, 0.6) is 11.5 Å². The van der Waals surface area contributed by atoms with E-state index in [4.69, 9.17) is 21.1 Å². The van der Waals surface area contributed by atoms with E-state index in [0.717, 1.165) is 12.1 Å². The lowest BCUT2D eigenvalue weighted by Crippen LogP contribution is -2.41. The van der Waals surface area contributed by atoms with Crippen LogP contribution in [0.2, 0.25) is 5.15 Å². The van der Waals surface area contributed by atoms with Crippen LogP contribution in [0.1, 0.15) is 39.8 Å². The molecule has 0 saturated carbocycles. The first-order chi connectivity index (χ1) is 15.0. The molecule has 31 heavy (non-hydrogen) atoms. The molecule has 0 bridgehead atoms. The van der Waals surface area contributed by atoms with Gasteiger partial charge in [-0.25, -0.2) is 4.68 Å². The van der Waals surface area contributed by atoms with Crippen molar-refractivity contribution < 1.29 is 19.1 Å². The molecule has 2 aromatic carbocycles. The first-order valence-electron chi connectivity index (χ1n) is 9.68. The minimum atomic E-state index is -0.576. The number of benzene rings is 2. The molecule has 0 fully saturated rings. The van der Waals surface area contributed by atoms with Gasteiger partial charge >= 0.3 is 0 Å². The number of rotatable bonds is 7. The minimum Gasteiger partial charge on any atom is -0.493 e. The van der Waals surface area contributed by atoms with Crippen LogP contribution in [0.25, 0.3) is 5.69 Å². The molecule has 0 saturated heterocycles. The number of amides is 2. The van der Waals surface area contributed by atoms with Gasteiger partial charge in [-0.2, -0.15) is 5.10 Å². The van der Waals surface area contributed by atoms with Gasteiger partial charge in [-0.1, -0.05) is 36.7 Å². The second-order valence-corrected chi connectivity index (χ2v) is 6.98. The third-order valence-corrected chi connectivity index (χ3v) is 4.76. The van der Waals surface area contributed by atoms with Gasteiger partial charge in [-0.05, 0) is 43.7 Å². The average Bonchev–Trinajstić information content (AvgIpc) is 3.10. The van der Waals surface area contributed by atoms with Crippen LogP contribution in [0.3, 0.4) is 0 Å². The summed E-state index contributed by atoms with van der Waals surface area (Å²) in [6, 6.07) is 14.0. The molecule has 2 amide bonds. The number of hydrogen-bond acceptors (Lipinski definition) is 5. The van der Waals surface area contributed by atoms with E-state index in [1.165, 1.54) is 17.9 Å². The normalized spacial score (nSPS) is 10.5. The van der Waals surface area contributed by atoms with E-state index >= 15 is 0 Å². The van der Waals surface area contributed by atoms with Gasteiger partial charge in [0.2, 0.25) is 0 Å². The van der Waals surface area contributed by atoms with Crippen LogP contribution in [-0.2, 0) is 0 Å². The molecule has 0 aliphatic heterocycles. The fraction of sp³-hybridized carbons (Fsp3) is 0.227. The lowest BCUT2D eigenvalue weighted by atomic mass is 10.2. The largest absolute Gasteiger partial charge is 0.493 e. The summed E-state index contributed by atoms with van der Waals surface area (Å²) in [7, 11) is 1.49. The van der Waals surface area contributed by atoms with Gasteiger partial charge in [0, 0.05) is 5.56 Å². The third-order valence-electron chi connectivity index (χ3n) is 4.41. The lowest BCUT2D eigenvalue weighted by molar-refractivity contribution is 0.0846. The van der Waals surface area contributed by atoms with Crippen LogP contribution in [0, 0.1) is 6.92 Å². The first kappa shape index (κ1) is 22.2. The molecule has 0 aliphatic rings. The zero-order valence-corrected chi connectivity index (χ0v) is 18.2. The van der Waals surface area contributed by atoms with E-state index in [1.807, 2.05) is 37.3 Å². The van der Waals surface area contributed by atoms with Crippen molar-refractivity contribution in [3.8, 4) is 17.2 Å². The monoisotopic (exact) mass is 442 g/mol. The van der Waals surface area contributed by atoms with Gasteiger partial charge in [0.15, 0.2) is 11.5 Å². The van der Waals surface area contributed by atoms with Crippen molar-refractivity contribution >= 4 is 23.4 Å². The van der Waals surface area contributed by atoms with Gasteiger partial charge in [0.25, 0.3) is 11.8 Å². The zero-order valence-electron chi connectivity index (χ0n) is 17.4. The number of carbonyl (C=O) groups excluding carboxylic acids is 2. The molecule has 162 valence electrons. The molecule has 0 atom stereocenters. The maximum absolute atomic E-state index is 12.7. The van der Waals surface area contributed by atoms with E-state index in [-0.39, 0.29) is 10.7 Å². The topological polar surface area (TPSA) is 94.5 Å². The molecule has 8 nitrogen and oxygen atoms in total. The molecular formula is C22H23ClN4O4. The number of aryl methyl sites for hydroxylation is 1. The van der Waals surface area contributed by atoms with Gasteiger partial charge < -0.3 is 9.47 Å². The average molecular weight is 443 g/mol. The summed E-state index contributed by atoms with van der Waals surface area (Å²) in [5.41, 5.74) is 6.38. The molecule has 3 aromatic rings. The van der Waals surface area contributed by atoms with Gasteiger partial charge in [0.1, 0.15) is 10.7 Å². The number of nitrogens with one attached hydrogen (secondary N) is 2. The van der Waals surface area contributed by atoms with E-state index in [9.17, 15) is 9.59 Å². The second kappa shape index (κ2) is 9.99. The molecule has 1 aromatic heterocycles. The van der Waals surface area contributed by atoms with Crippen molar-refractivity contribution in [1.29, 1.82) is 0 Å². The van der Waals surface area contributed by atoms with E-state index in [0.29, 0.717) is 29.4 Å². The van der Waals surface area contributed by atoms with Crippen molar-refractivity contribution in [3.63, 3.8) is 0 Å². The Balaban J connectivity index is 1.71. The standard InChI is InChI=1S/C22H23ClN4O4/c1-4-12-31-17-11-10-15(13-18(17)30-3)21(28)24-25-22(29)19-14(2)26-27(20(19)23)16-8-6-5-7-9-16/h5-11,13H,4,12H2,1-3H3,(H,24,28)(H,25,29). The molecule has 1 heterocycles. The Morgan fingerprint density at radius 2 is 1.77 bits per heavy atom. The number of para-hydroxylation sites is 1. The Bertz CT molecular complexity index is 1080. The number of aromatic nitrogens is 2. The molecule has 0 unspecified atom stereocenters. The van der Waals surface area contributed by atoms with Gasteiger partial charge in [-0.3, -0.25) is 20.4 Å². The zero-order chi connectivity index (χ0) is 22.4. The molecule has 0 aliphatic carbocycles. The number of hydrazine groups is 1. The fourth-order valence-electron chi connectivity index (χ4n) is 2.89. The van der Waals surface area contributed by atoms with Crippen molar-refractivity contribution in [2.45, 2.75) is 20.3 Å². The second-order valence-electron chi connectivity index (χ2n) is 6.62. The summed E-state index contributed by atoms with van der Waals surface area (Å²) < 4.78 is 12.3. The van der Waals surface area contributed by atoms with Crippen LogP contribution in [-0.4, -0.2) is 35.3 Å². The lowest BCUT2D eigenvalue weighted by Gasteiger charge is -2.12. The maximum Gasteiger partial charge on any atom is 0.274 e. The number of ether oxygens (including phenoxy) is 2. The Morgan fingerprint density at radius 3 is 2.45 bits per heavy atom. The Kier molecular flexibility index (Phi) is 7.15. The van der Waals surface area contributed by atoms with Crippen LogP contribution >= 0.6 is 11.6 Å². The van der Waals surface area contributed by atoms with Crippen molar-refractivity contribution in [2.24, 2.45) is 0 Å². The molecular weight excluding hydrogens is 420 g/mol. The highest BCUT2D eigenvalue weighted by molar-refractivity contribution is 6.33. The highest BCUT2D eigenvalue weighted by Gasteiger charge is 2.22. The highest BCUT2D eigenvalue weighted by Crippen LogP contribution is 2.28. The minimum absolute atomic E-state index is 0.148. The summed E-state index contributed by atoms with van der Waals surface area (Å²) in [6.45, 7) is 4.20. The predicted octanol–water partition coefficient (Wildman–Crippen LogP) is 3.71. The summed E-state index contributed by atoms with van der Waals surface area (Å²) in [5, 5.41) is 4.47. The molecule has 9 heteroatoms. The molecule has 3 rings (SSSR count). The third kappa shape index (κ3) is 4.97. The van der Waals surface area contributed by atoms with Gasteiger partial charge in [0.05, 0.1) is 25.1 Å². The van der Waals surface area contributed by atoms with Gasteiger partial charge in [-0.15, -0.1) is 0 Å². The van der Waals surface area contributed by atoms with E-state index < -0.39 is 11.8 Å². The maximum atomic E-state index is 12.7. The predicted molar refractivity (Wildman–Crippen MR) is 117 cm³/mol. The number of halogens is 1.